The Kier molecular flexibility index (Phi) is 5.06. The van der Waals surface area contributed by atoms with Crippen molar-refractivity contribution in [1.82, 2.24) is 14.5 Å². The van der Waals surface area contributed by atoms with E-state index < -0.39 is 0 Å². The van der Waals surface area contributed by atoms with Crippen LogP contribution in [0.1, 0.15) is 32.6 Å². The number of hydrogen-bond acceptors (Lipinski definition) is 5. The Morgan fingerprint density at radius 3 is 3.09 bits per heavy atom. The minimum absolute atomic E-state index is 0.0457. The van der Waals surface area contributed by atoms with Gasteiger partial charge in [-0.1, -0.05) is 18.7 Å². The number of fused-ring (bicyclic) bond motifs is 1. The van der Waals surface area contributed by atoms with Crippen LogP contribution in [0.15, 0.2) is 21.4 Å². The van der Waals surface area contributed by atoms with Gasteiger partial charge in [-0.15, -0.1) is 11.3 Å². The Morgan fingerprint density at radius 2 is 2.30 bits per heavy atom. The van der Waals surface area contributed by atoms with Gasteiger partial charge in [-0.25, -0.2) is 4.98 Å². The lowest BCUT2D eigenvalue weighted by Crippen LogP contribution is -2.44. The van der Waals surface area contributed by atoms with Gasteiger partial charge in [-0.3, -0.25) is 14.2 Å². The third kappa shape index (κ3) is 3.30. The van der Waals surface area contributed by atoms with Gasteiger partial charge in [0.1, 0.15) is 4.83 Å². The first-order chi connectivity index (χ1) is 11.1. The van der Waals surface area contributed by atoms with E-state index in [1.54, 1.807) is 17.7 Å². The van der Waals surface area contributed by atoms with Gasteiger partial charge in [0.15, 0.2) is 5.16 Å². The molecule has 1 unspecified atom stereocenters. The number of carbonyl (C=O) groups excluding carboxylic acids is 1. The highest BCUT2D eigenvalue weighted by atomic mass is 32.2. The first-order valence-corrected chi connectivity index (χ1v) is 9.84. The van der Waals surface area contributed by atoms with E-state index in [4.69, 9.17) is 0 Å². The van der Waals surface area contributed by atoms with E-state index >= 15 is 0 Å². The van der Waals surface area contributed by atoms with E-state index in [1.807, 2.05) is 10.3 Å². The maximum atomic E-state index is 12.5. The van der Waals surface area contributed by atoms with E-state index in [0.29, 0.717) is 22.3 Å². The lowest BCUT2D eigenvalue weighted by atomic mass is 10.0. The van der Waals surface area contributed by atoms with Crippen LogP contribution in [0.25, 0.3) is 10.2 Å². The summed E-state index contributed by atoms with van der Waals surface area (Å²) in [5.41, 5.74) is -0.0457. The van der Waals surface area contributed by atoms with Crippen LogP contribution in [0, 0.1) is 0 Å². The topological polar surface area (TPSA) is 55.2 Å². The fourth-order valence-corrected chi connectivity index (χ4v) is 4.73. The van der Waals surface area contributed by atoms with E-state index in [1.165, 1.54) is 29.5 Å². The average Bonchev–Trinajstić information content (AvgIpc) is 3.05. The predicted octanol–water partition coefficient (Wildman–Crippen LogP) is 2.88. The molecule has 1 fully saturated rings. The number of amides is 1. The zero-order valence-corrected chi connectivity index (χ0v) is 15.1. The van der Waals surface area contributed by atoms with Crippen LogP contribution >= 0.6 is 23.1 Å². The molecule has 0 spiro atoms. The van der Waals surface area contributed by atoms with Crippen LogP contribution in [0.4, 0.5) is 0 Å². The van der Waals surface area contributed by atoms with Crippen molar-refractivity contribution in [2.24, 2.45) is 7.05 Å². The summed E-state index contributed by atoms with van der Waals surface area (Å²) in [6, 6.07) is 2.17. The van der Waals surface area contributed by atoms with Gasteiger partial charge in [0.05, 0.1) is 11.1 Å². The molecule has 0 bridgehead atoms. The number of thiophene rings is 1. The number of likely N-dealkylation sites (tertiary alicyclic amines) is 1. The number of thioether (sulfide) groups is 1. The largest absolute Gasteiger partial charge is 0.339 e. The molecule has 1 aliphatic rings. The molecule has 2 aromatic rings. The predicted molar refractivity (Wildman–Crippen MR) is 95.2 cm³/mol. The molecule has 1 amide bonds. The molecular formula is C16H21N3O2S2. The van der Waals surface area contributed by atoms with Gasteiger partial charge in [0.2, 0.25) is 5.91 Å². The Bertz CT molecular complexity index is 768. The normalized spacial score (nSPS) is 18.5. The fraction of sp³-hybridized carbons (Fsp3) is 0.562. The van der Waals surface area contributed by atoms with Crippen LogP contribution in [0.3, 0.4) is 0 Å². The fourth-order valence-electron chi connectivity index (χ4n) is 3.07. The van der Waals surface area contributed by atoms with Crippen molar-refractivity contribution in [3.05, 3.63) is 21.8 Å². The second-order valence-electron chi connectivity index (χ2n) is 5.83. The molecule has 124 valence electrons. The molecular weight excluding hydrogens is 330 g/mol. The Hall–Kier alpha value is -1.34. The van der Waals surface area contributed by atoms with E-state index in [0.717, 1.165) is 30.6 Å². The lowest BCUT2D eigenvalue weighted by molar-refractivity contribution is -0.132. The van der Waals surface area contributed by atoms with Crippen molar-refractivity contribution >= 4 is 39.2 Å². The van der Waals surface area contributed by atoms with E-state index in [9.17, 15) is 9.59 Å². The highest BCUT2D eigenvalue weighted by Gasteiger charge is 2.25. The minimum atomic E-state index is -0.0457. The number of nitrogens with zero attached hydrogens (tertiary/aromatic N) is 3. The Labute approximate surface area is 143 Å². The second kappa shape index (κ2) is 7.05. The average molecular weight is 351 g/mol. The Morgan fingerprint density at radius 1 is 1.48 bits per heavy atom. The summed E-state index contributed by atoms with van der Waals surface area (Å²) in [7, 11) is 1.72. The summed E-state index contributed by atoms with van der Waals surface area (Å²) in [6.07, 6.45) is 4.41. The van der Waals surface area contributed by atoms with Crippen molar-refractivity contribution < 1.29 is 4.79 Å². The minimum Gasteiger partial charge on any atom is -0.339 e. The molecule has 0 aromatic carbocycles. The maximum absolute atomic E-state index is 12.5. The molecule has 23 heavy (non-hydrogen) atoms. The molecule has 5 nitrogen and oxygen atoms in total. The highest BCUT2D eigenvalue weighted by molar-refractivity contribution is 7.99. The molecule has 3 heterocycles. The number of carbonyl (C=O) groups is 1. The lowest BCUT2D eigenvalue weighted by Gasteiger charge is -2.35. The van der Waals surface area contributed by atoms with Crippen molar-refractivity contribution in [2.45, 2.75) is 43.8 Å². The van der Waals surface area contributed by atoms with Crippen LogP contribution in [0.2, 0.25) is 0 Å². The summed E-state index contributed by atoms with van der Waals surface area (Å²) in [6.45, 7) is 2.99. The summed E-state index contributed by atoms with van der Waals surface area (Å²) in [5.74, 6) is 0.496. The van der Waals surface area contributed by atoms with Crippen LogP contribution in [-0.2, 0) is 11.8 Å². The SMILES string of the molecule is CCC1CCCCN1C(=O)CSc1nc2sccc2c(=O)n1C. The molecule has 1 aliphatic heterocycles. The quantitative estimate of drug-likeness (QED) is 0.628. The van der Waals surface area contributed by atoms with E-state index in [2.05, 4.69) is 11.9 Å². The highest BCUT2D eigenvalue weighted by Crippen LogP contribution is 2.23. The zero-order chi connectivity index (χ0) is 16.4. The first kappa shape index (κ1) is 16.5. The third-order valence-electron chi connectivity index (χ3n) is 4.41. The number of rotatable bonds is 4. The second-order valence-corrected chi connectivity index (χ2v) is 7.67. The van der Waals surface area contributed by atoms with Crippen molar-refractivity contribution in [3.8, 4) is 0 Å². The summed E-state index contributed by atoms with van der Waals surface area (Å²) in [4.78, 5) is 32.1. The maximum Gasteiger partial charge on any atom is 0.262 e. The molecule has 0 N–H and O–H groups in total. The van der Waals surface area contributed by atoms with E-state index in [-0.39, 0.29) is 11.5 Å². The molecule has 7 heteroatoms. The van der Waals surface area contributed by atoms with Crippen LogP contribution in [0.5, 0.6) is 0 Å². The standard InChI is InChI=1S/C16H21N3O2S2/c1-3-11-6-4-5-8-19(11)13(20)10-23-16-17-14-12(7-9-22-14)15(21)18(16)2/h7,9,11H,3-6,8,10H2,1-2H3. The summed E-state index contributed by atoms with van der Waals surface area (Å²) >= 11 is 2.82. The van der Waals surface area contributed by atoms with Crippen molar-refractivity contribution in [3.63, 3.8) is 0 Å². The van der Waals surface area contributed by atoms with Gasteiger partial charge < -0.3 is 4.90 Å². The van der Waals surface area contributed by atoms with Gasteiger partial charge in [0.25, 0.3) is 5.56 Å². The number of aromatic nitrogens is 2. The molecule has 3 rings (SSSR count). The zero-order valence-electron chi connectivity index (χ0n) is 13.4. The van der Waals surface area contributed by atoms with Crippen LogP contribution < -0.4 is 5.56 Å². The van der Waals surface area contributed by atoms with Gasteiger partial charge in [-0.05, 0) is 37.1 Å². The number of piperidine rings is 1. The van der Waals surface area contributed by atoms with Crippen molar-refractivity contribution in [2.75, 3.05) is 12.3 Å². The molecule has 2 aromatic heterocycles. The molecule has 0 aliphatic carbocycles. The third-order valence-corrected chi connectivity index (χ3v) is 6.23. The monoisotopic (exact) mass is 351 g/mol. The smallest absolute Gasteiger partial charge is 0.262 e. The van der Waals surface area contributed by atoms with Gasteiger partial charge in [0, 0.05) is 19.6 Å². The number of hydrogen-bond donors (Lipinski definition) is 0. The van der Waals surface area contributed by atoms with Gasteiger partial charge in [-0.2, -0.15) is 0 Å². The summed E-state index contributed by atoms with van der Waals surface area (Å²) in [5, 5.41) is 3.14. The molecule has 1 saturated heterocycles. The van der Waals surface area contributed by atoms with Gasteiger partial charge >= 0.3 is 0 Å². The molecule has 1 atom stereocenters. The Balaban J connectivity index is 1.74. The molecule has 0 saturated carbocycles. The summed E-state index contributed by atoms with van der Waals surface area (Å²) < 4.78 is 1.54. The first-order valence-electron chi connectivity index (χ1n) is 7.98. The van der Waals surface area contributed by atoms with Crippen LogP contribution in [-0.4, -0.2) is 38.7 Å². The molecule has 0 radical (unpaired) electrons. The van der Waals surface area contributed by atoms with Crippen molar-refractivity contribution in [1.29, 1.82) is 0 Å².